The number of hydrogen-bond donors (Lipinski definition) is 0. The summed E-state index contributed by atoms with van der Waals surface area (Å²) in [6, 6.07) is 25.0. The van der Waals surface area contributed by atoms with Crippen molar-refractivity contribution >= 4 is 48.9 Å². The molecule has 1 aliphatic rings. The van der Waals surface area contributed by atoms with E-state index in [0.717, 1.165) is 27.3 Å². The third-order valence-electron chi connectivity index (χ3n) is 5.36. The summed E-state index contributed by atoms with van der Waals surface area (Å²) in [5, 5.41) is 9.46. The van der Waals surface area contributed by atoms with Crippen LogP contribution in [-0.2, 0) is 0 Å². The first-order valence-electron chi connectivity index (χ1n) is 8.18. The monoisotopic (exact) mass is 304 g/mol. The lowest BCUT2D eigenvalue weighted by Crippen LogP contribution is -2.08. The van der Waals surface area contributed by atoms with Crippen LogP contribution in [0, 0.1) is 0 Å². The van der Waals surface area contributed by atoms with Crippen molar-refractivity contribution in [2.45, 2.75) is 0 Å². The van der Waals surface area contributed by atoms with Gasteiger partial charge in [0.05, 0.1) is 0 Å². The number of fused-ring (bicyclic) bond motifs is 3. The second-order valence-electron chi connectivity index (χ2n) is 6.49. The van der Waals surface area contributed by atoms with Gasteiger partial charge in [-0.2, -0.15) is 0 Å². The Morgan fingerprint density at radius 3 is 1.88 bits per heavy atom. The summed E-state index contributed by atoms with van der Waals surface area (Å²) in [6.07, 6.45) is 0. The van der Waals surface area contributed by atoms with Crippen LogP contribution in [0.3, 0.4) is 0 Å². The van der Waals surface area contributed by atoms with Gasteiger partial charge in [0.1, 0.15) is 0 Å². The van der Waals surface area contributed by atoms with Gasteiger partial charge in [0.25, 0.3) is 0 Å². The Labute approximate surface area is 138 Å². The molecule has 0 amide bonds. The molecule has 0 saturated carbocycles. The average Bonchev–Trinajstić information content (AvgIpc) is 2.65. The van der Waals surface area contributed by atoms with Crippen molar-refractivity contribution in [2.24, 2.45) is 0 Å². The Morgan fingerprint density at radius 2 is 1.08 bits per heavy atom. The SMILES string of the molecule is O=C1c2cccc3ccc4c5ccccc5c5cccc1c5c4c23. The topological polar surface area (TPSA) is 17.1 Å². The predicted octanol–water partition coefficient (Wildman–Crippen LogP) is 5.84. The largest absolute Gasteiger partial charge is 0.289 e. The minimum absolute atomic E-state index is 0.140. The van der Waals surface area contributed by atoms with Gasteiger partial charge in [-0.05, 0) is 32.3 Å². The molecule has 0 N–H and O–H groups in total. The minimum Gasteiger partial charge on any atom is -0.289 e. The van der Waals surface area contributed by atoms with Crippen molar-refractivity contribution in [1.29, 1.82) is 0 Å². The van der Waals surface area contributed by atoms with Crippen molar-refractivity contribution < 1.29 is 4.79 Å². The van der Waals surface area contributed by atoms with E-state index in [1.165, 1.54) is 26.9 Å². The van der Waals surface area contributed by atoms with E-state index in [2.05, 4.69) is 48.5 Å². The summed E-state index contributed by atoms with van der Waals surface area (Å²) in [6.45, 7) is 0. The highest BCUT2D eigenvalue weighted by atomic mass is 16.1. The van der Waals surface area contributed by atoms with Crippen molar-refractivity contribution in [3.05, 3.63) is 83.9 Å². The van der Waals surface area contributed by atoms with Crippen LogP contribution in [0.1, 0.15) is 15.9 Å². The van der Waals surface area contributed by atoms with E-state index in [4.69, 9.17) is 0 Å². The molecule has 0 aliphatic heterocycles. The molecule has 0 radical (unpaired) electrons. The Bertz CT molecular complexity index is 1360. The molecular weight excluding hydrogens is 292 g/mol. The molecule has 0 unspecified atom stereocenters. The minimum atomic E-state index is 0.140. The Morgan fingerprint density at radius 1 is 0.458 bits per heavy atom. The summed E-state index contributed by atoms with van der Waals surface area (Å²) >= 11 is 0. The lowest BCUT2D eigenvalue weighted by molar-refractivity contribution is 0.104. The van der Waals surface area contributed by atoms with Crippen molar-refractivity contribution in [1.82, 2.24) is 0 Å². The van der Waals surface area contributed by atoms with Gasteiger partial charge >= 0.3 is 0 Å². The molecule has 1 heteroatoms. The van der Waals surface area contributed by atoms with Gasteiger partial charge in [-0.3, -0.25) is 4.79 Å². The van der Waals surface area contributed by atoms with Crippen LogP contribution in [0.25, 0.3) is 43.1 Å². The molecule has 5 aromatic carbocycles. The highest BCUT2D eigenvalue weighted by molar-refractivity contribution is 6.41. The number of carbonyl (C=O) groups excluding carboxylic acids is 1. The molecule has 1 aliphatic carbocycles. The molecule has 0 bridgehead atoms. The molecule has 110 valence electrons. The maximum absolute atomic E-state index is 13.1. The van der Waals surface area contributed by atoms with Crippen molar-refractivity contribution in [3.8, 4) is 0 Å². The zero-order valence-corrected chi connectivity index (χ0v) is 12.8. The standard InChI is InChI=1S/C23H12O/c24-23-18-9-3-5-13-11-12-17-15-7-2-1-6-14(15)16-8-4-10-19(23)21(16)22(17)20(13)18/h1-12H. The second kappa shape index (κ2) is 4.01. The van der Waals surface area contributed by atoms with Gasteiger partial charge in [-0.25, -0.2) is 0 Å². The van der Waals surface area contributed by atoms with Gasteiger partial charge in [-0.15, -0.1) is 0 Å². The van der Waals surface area contributed by atoms with Crippen molar-refractivity contribution in [2.75, 3.05) is 0 Å². The third kappa shape index (κ3) is 1.26. The van der Waals surface area contributed by atoms with E-state index in [-0.39, 0.29) is 5.78 Å². The van der Waals surface area contributed by atoms with Crippen LogP contribution < -0.4 is 0 Å². The number of rotatable bonds is 0. The van der Waals surface area contributed by atoms with Gasteiger partial charge < -0.3 is 0 Å². The molecule has 0 spiro atoms. The molecule has 5 aromatic rings. The highest BCUT2D eigenvalue weighted by Gasteiger charge is 2.25. The van der Waals surface area contributed by atoms with E-state index in [1.807, 2.05) is 24.3 Å². The number of hydrogen-bond acceptors (Lipinski definition) is 1. The normalized spacial score (nSPS) is 13.1. The fourth-order valence-corrected chi connectivity index (χ4v) is 4.39. The smallest absolute Gasteiger partial charge is 0.194 e. The van der Waals surface area contributed by atoms with Crippen molar-refractivity contribution in [3.63, 3.8) is 0 Å². The van der Waals surface area contributed by atoms with Crippen LogP contribution in [0.5, 0.6) is 0 Å². The average molecular weight is 304 g/mol. The number of ketones is 1. The lowest BCUT2D eigenvalue weighted by Gasteiger charge is -2.20. The fraction of sp³-hybridized carbons (Fsp3) is 0. The van der Waals surface area contributed by atoms with Crippen LogP contribution in [0.4, 0.5) is 0 Å². The van der Waals surface area contributed by atoms with Crippen LogP contribution in [-0.4, -0.2) is 5.78 Å². The van der Waals surface area contributed by atoms with Gasteiger partial charge in [-0.1, -0.05) is 72.8 Å². The van der Waals surface area contributed by atoms with E-state index in [0.29, 0.717) is 0 Å². The summed E-state index contributed by atoms with van der Waals surface area (Å²) < 4.78 is 0. The highest BCUT2D eigenvalue weighted by Crippen LogP contribution is 2.44. The molecule has 0 atom stereocenters. The summed E-state index contributed by atoms with van der Waals surface area (Å²) in [5.74, 6) is 0.140. The Balaban J connectivity index is 2.14. The van der Waals surface area contributed by atoms with E-state index < -0.39 is 0 Å². The van der Waals surface area contributed by atoms with Gasteiger partial charge in [0, 0.05) is 21.9 Å². The quantitative estimate of drug-likeness (QED) is 0.322. The molecular formula is C23H12O. The predicted molar refractivity (Wildman–Crippen MR) is 99.9 cm³/mol. The summed E-state index contributed by atoms with van der Waals surface area (Å²) in [4.78, 5) is 13.1. The molecule has 0 aromatic heterocycles. The fourth-order valence-electron chi connectivity index (χ4n) is 4.39. The first kappa shape index (κ1) is 12.3. The maximum Gasteiger partial charge on any atom is 0.194 e. The molecule has 1 nitrogen and oxygen atoms in total. The summed E-state index contributed by atoms with van der Waals surface area (Å²) in [5.41, 5.74) is 1.66. The molecule has 24 heavy (non-hydrogen) atoms. The van der Waals surface area contributed by atoms with Crippen LogP contribution >= 0.6 is 0 Å². The molecule has 0 fully saturated rings. The van der Waals surface area contributed by atoms with Crippen LogP contribution in [0.15, 0.2) is 72.8 Å². The first-order valence-corrected chi connectivity index (χ1v) is 8.18. The van der Waals surface area contributed by atoms with Crippen LogP contribution in [0.2, 0.25) is 0 Å². The van der Waals surface area contributed by atoms with E-state index in [9.17, 15) is 4.79 Å². The zero-order chi connectivity index (χ0) is 15.8. The number of carbonyl (C=O) groups is 1. The van der Waals surface area contributed by atoms with Gasteiger partial charge in [0.2, 0.25) is 0 Å². The Hall–Kier alpha value is -3.19. The molecule has 0 saturated heterocycles. The van der Waals surface area contributed by atoms with Gasteiger partial charge in [0.15, 0.2) is 5.78 Å². The van der Waals surface area contributed by atoms with E-state index in [1.54, 1.807) is 0 Å². The lowest BCUT2D eigenvalue weighted by atomic mass is 9.81. The first-order chi connectivity index (χ1) is 11.8. The van der Waals surface area contributed by atoms with E-state index >= 15 is 0 Å². The molecule has 0 heterocycles. The Kier molecular flexibility index (Phi) is 2.05. The third-order valence-corrected chi connectivity index (χ3v) is 5.36. The second-order valence-corrected chi connectivity index (χ2v) is 6.49. The zero-order valence-electron chi connectivity index (χ0n) is 12.8. The maximum atomic E-state index is 13.1. The molecule has 6 rings (SSSR count). The number of benzene rings is 5. The summed E-state index contributed by atoms with van der Waals surface area (Å²) in [7, 11) is 0.